The molecular weight excluding hydrogens is 253 g/mol. The lowest BCUT2D eigenvalue weighted by molar-refractivity contribution is 0.403. The van der Waals surface area contributed by atoms with Crippen LogP contribution in [-0.2, 0) is 6.54 Å². The van der Waals surface area contributed by atoms with Crippen molar-refractivity contribution in [3.8, 4) is 5.75 Å². The van der Waals surface area contributed by atoms with E-state index >= 15 is 0 Å². The molecule has 0 aliphatic rings. The molecule has 104 valence electrons. The summed E-state index contributed by atoms with van der Waals surface area (Å²) >= 11 is 0. The van der Waals surface area contributed by atoms with Crippen molar-refractivity contribution in [2.75, 3.05) is 19.1 Å². The van der Waals surface area contributed by atoms with Crippen LogP contribution in [0.3, 0.4) is 0 Å². The molecule has 2 rings (SSSR count). The fourth-order valence-corrected chi connectivity index (χ4v) is 2.13. The fourth-order valence-electron chi connectivity index (χ4n) is 2.13. The van der Waals surface area contributed by atoms with Crippen LogP contribution in [0, 0.1) is 0 Å². The van der Waals surface area contributed by atoms with Gasteiger partial charge in [0.15, 0.2) is 0 Å². The van der Waals surface area contributed by atoms with Gasteiger partial charge in [-0.15, -0.1) is 0 Å². The molecule has 0 bridgehead atoms. The highest BCUT2D eigenvalue weighted by atomic mass is 16.5. The van der Waals surface area contributed by atoms with Gasteiger partial charge in [0, 0.05) is 24.7 Å². The van der Waals surface area contributed by atoms with Gasteiger partial charge in [-0.25, -0.2) is 0 Å². The number of nitrogens with zero attached hydrogens (tertiary/aromatic N) is 1. The number of hydrogen-bond donors (Lipinski definition) is 2. The van der Waals surface area contributed by atoms with E-state index < -0.39 is 7.12 Å². The summed E-state index contributed by atoms with van der Waals surface area (Å²) in [5, 5.41) is 18.7. The molecule has 2 aromatic carbocycles. The molecule has 0 saturated heterocycles. The summed E-state index contributed by atoms with van der Waals surface area (Å²) < 4.78 is 5.12. The van der Waals surface area contributed by atoms with E-state index in [2.05, 4.69) is 4.90 Å². The Balaban J connectivity index is 2.20. The Labute approximate surface area is 119 Å². The second-order valence-corrected chi connectivity index (χ2v) is 4.64. The quantitative estimate of drug-likeness (QED) is 0.797. The third-order valence-electron chi connectivity index (χ3n) is 3.19. The highest BCUT2D eigenvalue weighted by Crippen LogP contribution is 2.16. The van der Waals surface area contributed by atoms with Gasteiger partial charge >= 0.3 is 7.12 Å². The maximum atomic E-state index is 9.37. The summed E-state index contributed by atoms with van der Waals surface area (Å²) in [6.07, 6.45) is 0. The number of rotatable bonds is 5. The summed E-state index contributed by atoms with van der Waals surface area (Å²) in [6, 6.07) is 15.4. The monoisotopic (exact) mass is 271 g/mol. The van der Waals surface area contributed by atoms with Crippen molar-refractivity contribution >= 4 is 18.3 Å². The average molecular weight is 271 g/mol. The van der Waals surface area contributed by atoms with Crippen molar-refractivity contribution in [1.82, 2.24) is 0 Å². The smallest absolute Gasteiger partial charge is 0.492 e. The van der Waals surface area contributed by atoms with Crippen molar-refractivity contribution in [3.05, 3.63) is 54.1 Å². The van der Waals surface area contributed by atoms with Crippen LogP contribution in [0.2, 0.25) is 0 Å². The van der Waals surface area contributed by atoms with Gasteiger partial charge in [0.2, 0.25) is 0 Å². The maximum absolute atomic E-state index is 9.37. The number of methoxy groups -OCH3 is 1. The Morgan fingerprint density at radius 3 is 2.40 bits per heavy atom. The van der Waals surface area contributed by atoms with Crippen molar-refractivity contribution in [1.29, 1.82) is 0 Å². The minimum atomic E-state index is -1.54. The first-order chi connectivity index (χ1) is 9.61. The van der Waals surface area contributed by atoms with E-state index in [1.165, 1.54) is 7.11 Å². The van der Waals surface area contributed by atoms with E-state index in [4.69, 9.17) is 4.74 Å². The lowest BCUT2D eigenvalue weighted by Gasteiger charge is -2.20. The average Bonchev–Trinajstić information content (AvgIpc) is 2.48. The number of ether oxygens (including phenoxy) is 1. The highest BCUT2D eigenvalue weighted by Gasteiger charge is 2.17. The van der Waals surface area contributed by atoms with Gasteiger partial charge in [-0.05, 0) is 23.8 Å². The molecule has 0 aliphatic heterocycles. The Morgan fingerprint density at radius 1 is 1.10 bits per heavy atom. The first kappa shape index (κ1) is 14.4. The molecule has 0 aliphatic carbocycles. The zero-order chi connectivity index (χ0) is 14.5. The lowest BCUT2D eigenvalue weighted by atomic mass is 9.78. The zero-order valence-electron chi connectivity index (χ0n) is 11.7. The highest BCUT2D eigenvalue weighted by molar-refractivity contribution is 6.59. The van der Waals surface area contributed by atoms with E-state index in [1.54, 1.807) is 12.1 Å². The van der Waals surface area contributed by atoms with Crippen molar-refractivity contribution in [2.45, 2.75) is 6.54 Å². The minimum Gasteiger partial charge on any atom is -0.497 e. The molecule has 0 saturated carbocycles. The Bertz CT molecular complexity index is 560. The van der Waals surface area contributed by atoms with Gasteiger partial charge in [0.25, 0.3) is 0 Å². The van der Waals surface area contributed by atoms with Crippen molar-refractivity contribution in [2.24, 2.45) is 0 Å². The fraction of sp³-hybridized carbons (Fsp3) is 0.200. The maximum Gasteiger partial charge on any atom is 0.492 e. The number of anilines is 1. The van der Waals surface area contributed by atoms with E-state index in [-0.39, 0.29) is 0 Å². The van der Waals surface area contributed by atoms with Gasteiger partial charge in [-0.1, -0.05) is 30.3 Å². The summed E-state index contributed by atoms with van der Waals surface area (Å²) in [5.41, 5.74) is 2.47. The topological polar surface area (TPSA) is 52.9 Å². The molecule has 0 unspecified atom stereocenters. The molecule has 0 radical (unpaired) electrons. The van der Waals surface area contributed by atoms with Crippen LogP contribution in [0.25, 0.3) is 0 Å². The second-order valence-electron chi connectivity index (χ2n) is 4.64. The molecule has 0 atom stereocenters. The first-order valence-electron chi connectivity index (χ1n) is 6.41. The second kappa shape index (κ2) is 6.46. The Kier molecular flexibility index (Phi) is 4.66. The molecule has 0 amide bonds. The van der Waals surface area contributed by atoms with E-state index in [0.717, 1.165) is 11.3 Å². The molecule has 20 heavy (non-hydrogen) atoms. The molecule has 4 nitrogen and oxygen atoms in total. The van der Waals surface area contributed by atoms with Gasteiger partial charge in [0.05, 0.1) is 7.11 Å². The van der Waals surface area contributed by atoms with Crippen LogP contribution in [-0.4, -0.2) is 31.3 Å². The van der Waals surface area contributed by atoms with E-state index in [0.29, 0.717) is 17.8 Å². The van der Waals surface area contributed by atoms with E-state index in [1.807, 2.05) is 43.4 Å². The van der Waals surface area contributed by atoms with Crippen LogP contribution < -0.4 is 15.1 Å². The van der Waals surface area contributed by atoms with Crippen LogP contribution in [0.5, 0.6) is 5.75 Å². The Morgan fingerprint density at radius 2 is 1.80 bits per heavy atom. The standard InChI is InChI=1S/C15H18BNO3/c1-17(13-6-4-3-5-7-13)11-12-8-9-15(20-2)14(10-12)16(18)19/h3-10,18-19H,11H2,1-2H3. The summed E-state index contributed by atoms with van der Waals surface area (Å²) in [6.45, 7) is 0.674. The molecule has 0 aromatic heterocycles. The van der Waals surface area contributed by atoms with Gasteiger partial charge in [0.1, 0.15) is 5.75 Å². The third-order valence-corrected chi connectivity index (χ3v) is 3.19. The Hall–Kier alpha value is -1.98. The summed E-state index contributed by atoms with van der Waals surface area (Å²) in [4.78, 5) is 2.09. The normalized spacial score (nSPS) is 10.2. The predicted molar refractivity (Wildman–Crippen MR) is 81.4 cm³/mol. The van der Waals surface area contributed by atoms with Crippen LogP contribution in [0.15, 0.2) is 48.5 Å². The van der Waals surface area contributed by atoms with Crippen LogP contribution in [0.4, 0.5) is 5.69 Å². The SMILES string of the molecule is COc1ccc(CN(C)c2ccccc2)cc1B(O)O. The molecule has 5 heteroatoms. The third kappa shape index (κ3) is 3.32. The number of para-hydroxylation sites is 1. The molecule has 0 spiro atoms. The zero-order valence-corrected chi connectivity index (χ0v) is 11.7. The molecule has 0 fully saturated rings. The minimum absolute atomic E-state index is 0.381. The number of benzene rings is 2. The first-order valence-corrected chi connectivity index (χ1v) is 6.41. The lowest BCUT2D eigenvalue weighted by Crippen LogP contribution is -2.32. The van der Waals surface area contributed by atoms with E-state index in [9.17, 15) is 10.0 Å². The van der Waals surface area contributed by atoms with Crippen LogP contribution >= 0.6 is 0 Å². The molecule has 2 N–H and O–H groups in total. The molecule has 2 aromatic rings. The van der Waals surface area contributed by atoms with Crippen molar-refractivity contribution in [3.63, 3.8) is 0 Å². The molecular formula is C15H18BNO3. The van der Waals surface area contributed by atoms with Crippen LogP contribution in [0.1, 0.15) is 5.56 Å². The summed E-state index contributed by atoms with van der Waals surface area (Å²) in [5.74, 6) is 0.478. The predicted octanol–water partition coefficient (Wildman–Crippen LogP) is 1.01. The van der Waals surface area contributed by atoms with Crippen molar-refractivity contribution < 1.29 is 14.8 Å². The van der Waals surface area contributed by atoms with Gasteiger partial charge in [-0.2, -0.15) is 0 Å². The largest absolute Gasteiger partial charge is 0.497 e. The van der Waals surface area contributed by atoms with Gasteiger partial charge < -0.3 is 19.7 Å². The molecule has 0 heterocycles. The number of hydrogen-bond acceptors (Lipinski definition) is 4. The summed E-state index contributed by atoms with van der Waals surface area (Å²) in [7, 11) is 1.97. The van der Waals surface area contributed by atoms with Gasteiger partial charge in [-0.3, -0.25) is 0 Å².